The number of aromatic nitrogens is 2. The van der Waals surface area contributed by atoms with Crippen LogP contribution in [-0.4, -0.2) is 51.6 Å². The van der Waals surface area contributed by atoms with Crippen LogP contribution >= 0.6 is 0 Å². The summed E-state index contributed by atoms with van der Waals surface area (Å²) < 4.78 is 11.1. The second-order valence-corrected chi connectivity index (χ2v) is 7.29. The Morgan fingerprint density at radius 1 is 1.23 bits per heavy atom. The zero-order chi connectivity index (χ0) is 22.1. The van der Waals surface area contributed by atoms with Crippen LogP contribution in [0.5, 0.6) is 5.75 Å². The molecule has 1 aliphatic heterocycles. The molecule has 0 saturated heterocycles. The molecular weight excluding hydrogens is 392 g/mol. The minimum atomic E-state index is -1.11. The Morgan fingerprint density at radius 3 is 2.47 bits per heavy atom. The van der Waals surface area contributed by atoms with Crippen LogP contribution in [0.3, 0.4) is 0 Å². The molecule has 1 aromatic carbocycles. The Kier molecular flexibility index (Phi) is 5.68. The van der Waals surface area contributed by atoms with Crippen molar-refractivity contribution < 1.29 is 29.0 Å². The van der Waals surface area contributed by atoms with Gasteiger partial charge in [-0.15, -0.1) is 4.68 Å². The molecule has 2 N–H and O–H groups in total. The van der Waals surface area contributed by atoms with Gasteiger partial charge in [0.05, 0.1) is 37.9 Å². The van der Waals surface area contributed by atoms with Crippen molar-refractivity contribution >= 4 is 23.9 Å². The maximum atomic E-state index is 12.7. The number of amides is 2. The zero-order valence-corrected chi connectivity index (χ0v) is 17.3. The SMILES string of the molecule is CCOC(=O)n1nc2c(c1NC(=O)Cc1ccc(OC)cc1)CN(C(=O)O)C2(C)C. The van der Waals surface area contributed by atoms with E-state index in [1.165, 1.54) is 4.90 Å². The minimum Gasteiger partial charge on any atom is -0.497 e. The van der Waals surface area contributed by atoms with Crippen LogP contribution < -0.4 is 10.1 Å². The summed E-state index contributed by atoms with van der Waals surface area (Å²) in [4.78, 5) is 37.9. The van der Waals surface area contributed by atoms with Gasteiger partial charge >= 0.3 is 12.2 Å². The van der Waals surface area contributed by atoms with Crippen molar-refractivity contribution in [1.82, 2.24) is 14.7 Å². The van der Waals surface area contributed by atoms with Crippen LogP contribution in [0, 0.1) is 0 Å². The van der Waals surface area contributed by atoms with E-state index in [1.807, 2.05) is 0 Å². The topological polar surface area (TPSA) is 123 Å². The molecule has 160 valence electrons. The average Bonchev–Trinajstić information content (AvgIpc) is 3.17. The number of carboxylic acid groups (broad SMARTS) is 1. The van der Waals surface area contributed by atoms with Crippen LogP contribution in [0.1, 0.15) is 37.6 Å². The molecule has 30 heavy (non-hydrogen) atoms. The Labute approximate surface area is 173 Å². The van der Waals surface area contributed by atoms with Gasteiger partial charge in [-0.05, 0) is 38.5 Å². The summed E-state index contributed by atoms with van der Waals surface area (Å²) in [6.45, 7) is 5.17. The van der Waals surface area contributed by atoms with Gasteiger partial charge in [0.1, 0.15) is 11.6 Å². The molecule has 0 fully saturated rings. The van der Waals surface area contributed by atoms with Crippen LogP contribution in [0.15, 0.2) is 24.3 Å². The lowest BCUT2D eigenvalue weighted by Crippen LogP contribution is -2.40. The lowest BCUT2D eigenvalue weighted by molar-refractivity contribution is -0.115. The first-order chi connectivity index (χ1) is 14.2. The third-order valence-corrected chi connectivity index (χ3v) is 5.01. The first kappa shape index (κ1) is 21.2. The van der Waals surface area contributed by atoms with E-state index in [-0.39, 0.29) is 31.3 Å². The summed E-state index contributed by atoms with van der Waals surface area (Å²) in [5.41, 5.74) is 0.657. The van der Waals surface area contributed by atoms with Gasteiger partial charge in [-0.3, -0.25) is 9.69 Å². The predicted octanol–water partition coefficient (Wildman–Crippen LogP) is 2.81. The fourth-order valence-electron chi connectivity index (χ4n) is 3.43. The normalized spacial score (nSPS) is 14.2. The second kappa shape index (κ2) is 8.05. The first-order valence-corrected chi connectivity index (χ1v) is 9.41. The zero-order valence-electron chi connectivity index (χ0n) is 17.3. The number of fused-ring (bicyclic) bond motifs is 1. The fraction of sp³-hybridized carbons (Fsp3) is 0.400. The molecular formula is C20H24N4O6. The van der Waals surface area contributed by atoms with E-state index in [9.17, 15) is 19.5 Å². The van der Waals surface area contributed by atoms with Gasteiger partial charge < -0.3 is 19.9 Å². The van der Waals surface area contributed by atoms with Crippen molar-refractivity contribution in [3.63, 3.8) is 0 Å². The summed E-state index contributed by atoms with van der Waals surface area (Å²) in [5.74, 6) is 0.423. The fourth-order valence-corrected chi connectivity index (χ4v) is 3.43. The Balaban J connectivity index is 1.91. The molecule has 2 amide bonds. The Hall–Kier alpha value is -3.56. The van der Waals surface area contributed by atoms with Crippen molar-refractivity contribution in [3.8, 4) is 5.75 Å². The number of anilines is 1. The van der Waals surface area contributed by atoms with E-state index in [2.05, 4.69) is 10.4 Å². The summed E-state index contributed by atoms with van der Waals surface area (Å²) in [6, 6.07) is 7.02. The number of nitrogens with one attached hydrogen (secondary N) is 1. The number of ether oxygens (including phenoxy) is 2. The number of hydrogen-bond donors (Lipinski definition) is 2. The molecule has 1 aliphatic rings. The molecule has 3 rings (SSSR count). The van der Waals surface area contributed by atoms with Crippen LogP contribution in [-0.2, 0) is 28.0 Å². The van der Waals surface area contributed by atoms with Crippen molar-refractivity contribution in [2.75, 3.05) is 19.0 Å². The number of carbonyl (C=O) groups is 3. The molecule has 0 bridgehead atoms. The summed E-state index contributed by atoms with van der Waals surface area (Å²) >= 11 is 0. The predicted molar refractivity (Wildman–Crippen MR) is 107 cm³/mol. The van der Waals surface area contributed by atoms with Crippen molar-refractivity contribution in [3.05, 3.63) is 41.1 Å². The molecule has 0 radical (unpaired) electrons. The quantitative estimate of drug-likeness (QED) is 0.768. The average molecular weight is 416 g/mol. The maximum Gasteiger partial charge on any atom is 0.436 e. The second-order valence-electron chi connectivity index (χ2n) is 7.29. The molecule has 0 unspecified atom stereocenters. The lowest BCUT2D eigenvalue weighted by atomic mass is 10.0. The van der Waals surface area contributed by atoms with E-state index >= 15 is 0 Å². The van der Waals surface area contributed by atoms with Crippen LogP contribution in [0.25, 0.3) is 0 Å². The molecule has 10 nitrogen and oxygen atoms in total. The van der Waals surface area contributed by atoms with Crippen molar-refractivity contribution in [2.45, 2.75) is 39.3 Å². The Bertz CT molecular complexity index is 980. The number of benzene rings is 1. The molecule has 0 atom stereocenters. The largest absolute Gasteiger partial charge is 0.497 e. The first-order valence-electron chi connectivity index (χ1n) is 9.41. The van der Waals surface area contributed by atoms with E-state index < -0.39 is 17.7 Å². The highest BCUT2D eigenvalue weighted by Gasteiger charge is 2.46. The summed E-state index contributed by atoms with van der Waals surface area (Å²) in [7, 11) is 1.56. The number of rotatable bonds is 5. The van der Waals surface area contributed by atoms with E-state index in [0.717, 1.165) is 10.2 Å². The standard InChI is InChI=1S/C20H24N4O6/c1-5-30-19(28)24-17(14-11-23(18(26)27)20(2,3)16(14)22-24)21-15(25)10-12-6-8-13(29-4)9-7-12/h6-9H,5,10-11H2,1-4H3,(H,21,25)(H,26,27). The summed E-state index contributed by atoms with van der Waals surface area (Å²) in [5, 5.41) is 16.5. The highest BCUT2D eigenvalue weighted by atomic mass is 16.6. The van der Waals surface area contributed by atoms with Gasteiger partial charge in [0.25, 0.3) is 0 Å². The minimum absolute atomic E-state index is 0.00474. The van der Waals surface area contributed by atoms with Crippen LogP contribution in [0.2, 0.25) is 0 Å². The van der Waals surface area contributed by atoms with Gasteiger partial charge in [-0.1, -0.05) is 12.1 Å². The van der Waals surface area contributed by atoms with E-state index in [0.29, 0.717) is 17.0 Å². The monoisotopic (exact) mass is 416 g/mol. The van der Waals surface area contributed by atoms with E-state index in [4.69, 9.17) is 9.47 Å². The van der Waals surface area contributed by atoms with Gasteiger partial charge in [-0.25, -0.2) is 9.59 Å². The molecule has 0 saturated carbocycles. The highest BCUT2D eigenvalue weighted by Crippen LogP contribution is 2.41. The van der Waals surface area contributed by atoms with Gasteiger partial charge in [0, 0.05) is 5.56 Å². The molecule has 0 aliphatic carbocycles. The van der Waals surface area contributed by atoms with Gasteiger partial charge in [0.2, 0.25) is 5.91 Å². The summed E-state index contributed by atoms with van der Waals surface area (Å²) in [6.07, 6.45) is -1.81. The third-order valence-electron chi connectivity index (χ3n) is 5.01. The van der Waals surface area contributed by atoms with E-state index in [1.54, 1.807) is 52.1 Å². The maximum absolute atomic E-state index is 12.7. The molecule has 10 heteroatoms. The number of methoxy groups -OCH3 is 1. The number of nitrogens with zero attached hydrogens (tertiary/aromatic N) is 3. The Morgan fingerprint density at radius 2 is 1.90 bits per heavy atom. The number of hydrogen-bond acceptors (Lipinski definition) is 6. The molecule has 2 heterocycles. The highest BCUT2D eigenvalue weighted by molar-refractivity contribution is 5.94. The molecule has 2 aromatic rings. The van der Waals surface area contributed by atoms with Gasteiger partial charge in [0.15, 0.2) is 0 Å². The third kappa shape index (κ3) is 3.80. The van der Waals surface area contributed by atoms with Crippen molar-refractivity contribution in [1.29, 1.82) is 0 Å². The van der Waals surface area contributed by atoms with Gasteiger partial charge in [-0.2, -0.15) is 5.10 Å². The lowest BCUT2D eigenvalue weighted by Gasteiger charge is -2.28. The smallest absolute Gasteiger partial charge is 0.436 e. The molecule has 1 aromatic heterocycles. The van der Waals surface area contributed by atoms with Crippen LogP contribution in [0.4, 0.5) is 15.4 Å². The van der Waals surface area contributed by atoms with Crippen molar-refractivity contribution in [2.24, 2.45) is 0 Å². The number of carbonyl (C=O) groups excluding carboxylic acids is 2. The molecule has 0 spiro atoms.